The number of nitrogens with one attached hydrogen (secondary N) is 2. The summed E-state index contributed by atoms with van der Waals surface area (Å²) in [6, 6.07) is 3.45. The number of hydrogen-bond acceptors (Lipinski definition) is 5. The fourth-order valence-corrected chi connectivity index (χ4v) is 5.94. The van der Waals surface area contributed by atoms with Crippen molar-refractivity contribution in [2.24, 2.45) is 17.8 Å². The van der Waals surface area contributed by atoms with E-state index in [1.54, 1.807) is 18.3 Å². The molecule has 7 nitrogen and oxygen atoms in total. The number of aromatic amines is 1. The second-order valence-corrected chi connectivity index (χ2v) is 9.62. The third-order valence-corrected chi connectivity index (χ3v) is 7.72. The highest BCUT2D eigenvalue weighted by Crippen LogP contribution is 2.48. The van der Waals surface area contributed by atoms with Gasteiger partial charge in [0.25, 0.3) is 0 Å². The molecule has 4 heterocycles. The van der Waals surface area contributed by atoms with Crippen molar-refractivity contribution in [1.82, 2.24) is 19.9 Å². The van der Waals surface area contributed by atoms with Gasteiger partial charge in [0.15, 0.2) is 17.3 Å². The summed E-state index contributed by atoms with van der Waals surface area (Å²) >= 11 is 6.10. The first-order chi connectivity index (χ1) is 16.5. The van der Waals surface area contributed by atoms with Crippen molar-refractivity contribution in [3.63, 3.8) is 0 Å². The second-order valence-electron chi connectivity index (χ2n) is 9.23. The van der Waals surface area contributed by atoms with Gasteiger partial charge >= 0.3 is 0 Å². The number of rotatable bonds is 4. The zero-order valence-electron chi connectivity index (χ0n) is 18.5. The highest BCUT2D eigenvalue weighted by atomic mass is 35.5. The Kier molecular flexibility index (Phi) is 5.03. The van der Waals surface area contributed by atoms with Crippen LogP contribution in [0, 0.1) is 30.1 Å². The van der Waals surface area contributed by atoms with E-state index < -0.39 is 5.82 Å². The summed E-state index contributed by atoms with van der Waals surface area (Å²) in [5, 5.41) is 3.66. The minimum Gasteiger partial charge on any atom is -0.466 e. The van der Waals surface area contributed by atoms with Gasteiger partial charge in [0.1, 0.15) is 16.4 Å². The molecule has 0 saturated heterocycles. The summed E-state index contributed by atoms with van der Waals surface area (Å²) in [6.45, 7) is 10.1. The standard InChI is InChI=1S/C25H22ClFN6O/c1-12-13-5-7-14(8-6-13)20(12)32-24-19(27)18(16-4-3-9-34-16)23(28-2)21(33-24)15-10-29-25-22(15)31-17(26)11-30-25/h3-4,9-14,20H,5-8H2,1H3,(H,29,30)(H,32,33). The summed E-state index contributed by atoms with van der Waals surface area (Å²) in [5.74, 6) is 1.36. The highest BCUT2D eigenvalue weighted by molar-refractivity contribution is 6.29. The molecule has 2 N–H and O–H groups in total. The molecule has 0 radical (unpaired) electrons. The molecule has 0 amide bonds. The van der Waals surface area contributed by atoms with Crippen molar-refractivity contribution in [3.05, 3.63) is 53.2 Å². The van der Waals surface area contributed by atoms with Crippen molar-refractivity contribution in [1.29, 1.82) is 0 Å². The Balaban J connectivity index is 1.56. The smallest absolute Gasteiger partial charge is 0.226 e. The Morgan fingerprint density at radius 1 is 1.24 bits per heavy atom. The zero-order chi connectivity index (χ0) is 23.4. The van der Waals surface area contributed by atoms with Gasteiger partial charge in [0.2, 0.25) is 5.69 Å². The van der Waals surface area contributed by atoms with Crippen molar-refractivity contribution in [2.75, 3.05) is 5.32 Å². The van der Waals surface area contributed by atoms with E-state index in [4.69, 9.17) is 22.6 Å². The van der Waals surface area contributed by atoms with Crippen LogP contribution in [0.25, 0.3) is 38.6 Å². The molecule has 0 aromatic carbocycles. The van der Waals surface area contributed by atoms with Gasteiger partial charge in [-0.3, -0.25) is 0 Å². The van der Waals surface area contributed by atoms with Crippen molar-refractivity contribution >= 4 is 34.3 Å². The van der Waals surface area contributed by atoms with E-state index in [9.17, 15) is 0 Å². The lowest BCUT2D eigenvalue weighted by molar-refractivity contribution is 0.0926. The first kappa shape index (κ1) is 21.1. The molecular weight excluding hydrogens is 455 g/mol. The van der Waals surface area contributed by atoms with Crippen LogP contribution in [0.3, 0.4) is 0 Å². The highest BCUT2D eigenvalue weighted by Gasteiger charge is 2.42. The molecular formula is C25H22ClFN6O. The van der Waals surface area contributed by atoms with Gasteiger partial charge < -0.3 is 14.7 Å². The van der Waals surface area contributed by atoms with E-state index >= 15 is 4.39 Å². The van der Waals surface area contributed by atoms with Crippen LogP contribution in [-0.2, 0) is 0 Å². The Labute approximate surface area is 200 Å². The minimum absolute atomic E-state index is 0.0545. The molecule has 9 heteroatoms. The summed E-state index contributed by atoms with van der Waals surface area (Å²) in [5.41, 5.74) is 1.96. The van der Waals surface area contributed by atoms with Crippen LogP contribution in [-0.4, -0.2) is 26.0 Å². The van der Waals surface area contributed by atoms with Gasteiger partial charge in [-0.25, -0.2) is 24.2 Å². The van der Waals surface area contributed by atoms with Gasteiger partial charge in [-0.2, -0.15) is 0 Å². The lowest BCUT2D eigenvalue weighted by Crippen LogP contribution is -2.47. The number of H-pyrrole nitrogens is 1. The van der Waals surface area contributed by atoms with E-state index in [2.05, 4.69) is 37.0 Å². The normalized spacial score (nSPS) is 23.8. The predicted octanol–water partition coefficient (Wildman–Crippen LogP) is 6.86. The van der Waals surface area contributed by atoms with E-state index in [1.165, 1.54) is 25.3 Å². The maximum atomic E-state index is 16.0. The van der Waals surface area contributed by atoms with Gasteiger partial charge in [-0.05, 0) is 55.6 Å². The summed E-state index contributed by atoms with van der Waals surface area (Å²) < 4.78 is 21.6. The average Bonchev–Trinajstić information content (AvgIpc) is 3.52. The van der Waals surface area contributed by atoms with Crippen LogP contribution in [0.15, 0.2) is 35.2 Å². The average molecular weight is 477 g/mol. The van der Waals surface area contributed by atoms with Crippen LogP contribution in [0.2, 0.25) is 5.15 Å². The van der Waals surface area contributed by atoms with Gasteiger partial charge in [0.05, 0.1) is 30.3 Å². The first-order valence-corrected chi connectivity index (χ1v) is 11.8. The molecule has 172 valence electrons. The molecule has 2 atom stereocenters. The molecule has 3 aliphatic rings. The summed E-state index contributed by atoms with van der Waals surface area (Å²) in [6.07, 6.45) is 9.33. The number of aromatic nitrogens is 4. The number of nitrogens with zero attached hydrogens (tertiary/aromatic N) is 4. The van der Waals surface area contributed by atoms with E-state index in [1.807, 2.05) is 0 Å². The van der Waals surface area contributed by atoms with Crippen molar-refractivity contribution < 1.29 is 8.81 Å². The van der Waals surface area contributed by atoms with Gasteiger partial charge in [0, 0.05) is 17.8 Å². The lowest BCUT2D eigenvalue weighted by Gasteiger charge is -2.47. The molecule has 0 spiro atoms. The predicted molar refractivity (Wildman–Crippen MR) is 128 cm³/mol. The molecule has 2 unspecified atom stereocenters. The maximum absolute atomic E-state index is 16.0. The third-order valence-electron chi connectivity index (χ3n) is 7.54. The van der Waals surface area contributed by atoms with Crippen molar-refractivity contribution in [3.8, 4) is 22.6 Å². The Morgan fingerprint density at radius 2 is 2.03 bits per heavy atom. The largest absolute Gasteiger partial charge is 0.466 e. The number of pyridine rings is 1. The number of halogens is 2. The molecule has 4 aromatic rings. The summed E-state index contributed by atoms with van der Waals surface area (Å²) in [4.78, 5) is 20.0. The topological polar surface area (TPSA) is 84.0 Å². The van der Waals surface area contributed by atoms with E-state index in [0.717, 1.165) is 12.8 Å². The molecule has 3 saturated carbocycles. The lowest BCUT2D eigenvalue weighted by atomic mass is 9.62. The first-order valence-electron chi connectivity index (χ1n) is 11.5. The number of hydrogen-bond donors (Lipinski definition) is 2. The SMILES string of the molecule is [C-]#[N+]c1c(-c2c[nH]c3ncc(Cl)nc23)nc(NC2C3CCC(CC3)C2C)c(F)c1-c1ccco1. The quantitative estimate of drug-likeness (QED) is 0.314. The zero-order valence-corrected chi connectivity index (χ0v) is 19.2. The number of fused-ring (bicyclic) bond motifs is 4. The van der Waals surface area contributed by atoms with Gasteiger partial charge in [-0.1, -0.05) is 18.5 Å². The molecule has 3 fully saturated rings. The third kappa shape index (κ3) is 3.26. The fraction of sp³-hybridized carbons (Fsp3) is 0.360. The Hall–Kier alpha value is -3.44. The Bertz CT molecular complexity index is 1420. The fourth-order valence-electron chi connectivity index (χ4n) is 5.80. The van der Waals surface area contributed by atoms with Crippen LogP contribution in [0.1, 0.15) is 32.6 Å². The maximum Gasteiger partial charge on any atom is 0.226 e. The molecule has 0 aliphatic heterocycles. The molecule has 4 aromatic heterocycles. The van der Waals surface area contributed by atoms with Crippen molar-refractivity contribution in [2.45, 2.75) is 38.6 Å². The van der Waals surface area contributed by atoms with Crippen LogP contribution in [0.5, 0.6) is 0 Å². The Morgan fingerprint density at radius 3 is 2.74 bits per heavy atom. The van der Waals surface area contributed by atoms with Crippen LogP contribution in [0.4, 0.5) is 15.9 Å². The van der Waals surface area contributed by atoms with Crippen LogP contribution < -0.4 is 5.32 Å². The number of furan rings is 1. The monoisotopic (exact) mass is 476 g/mol. The molecule has 34 heavy (non-hydrogen) atoms. The minimum atomic E-state index is -0.581. The molecule has 3 aliphatic carbocycles. The molecule has 7 rings (SSSR count). The molecule has 2 bridgehead atoms. The second kappa shape index (κ2) is 8.10. The number of anilines is 1. The van der Waals surface area contributed by atoms with Crippen LogP contribution >= 0.6 is 11.6 Å². The van der Waals surface area contributed by atoms with E-state index in [0.29, 0.717) is 40.2 Å². The summed E-state index contributed by atoms with van der Waals surface area (Å²) in [7, 11) is 0. The van der Waals surface area contributed by atoms with Gasteiger partial charge in [-0.15, -0.1) is 0 Å². The van der Waals surface area contributed by atoms with E-state index in [-0.39, 0.29) is 34.0 Å².